The molecular weight excluding hydrogens is 248 g/mol. The number of rotatable bonds is 4. The zero-order valence-corrected chi connectivity index (χ0v) is 11.9. The second-order valence-electron chi connectivity index (χ2n) is 5.98. The summed E-state index contributed by atoms with van der Waals surface area (Å²) in [6, 6.07) is 0. The lowest BCUT2D eigenvalue weighted by Crippen LogP contribution is -2.51. The van der Waals surface area contributed by atoms with Crippen molar-refractivity contribution < 1.29 is 19.4 Å². The Hall–Kier alpha value is -1.30. The molecule has 1 aliphatic heterocycles. The van der Waals surface area contributed by atoms with Crippen LogP contribution in [0.2, 0.25) is 0 Å². The molecule has 1 amide bonds. The van der Waals surface area contributed by atoms with Gasteiger partial charge in [-0.15, -0.1) is 0 Å². The van der Waals surface area contributed by atoms with Crippen molar-refractivity contribution in [1.29, 1.82) is 0 Å². The summed E-state index contributed by atoms with van der Waals surface area (Å²) >= 11 is 0. The van der Waals surface area contributed by atoms with Gasteiger partial charge in [-0.2, -0.15) is 0 Å². The van der Waals surface area contributed by atoms with Crippen LogP contribution in [0.15, 0.2) is 0 Å². The van der Waals surface area contributed by atoms with E-state index in [4.69, 9.17) is 9.84 Å². The van der Waals surface area contributed by atoms with Gasteiger partial charge in [-0.05, 0) is 52.5 Å². The quantitative estimate of drug-likeness (QED) is 0.725. The maximum atomic E-state index is 11.6. The molecule has 1 aliphatic rings. The molecule has 1 fully saturated rings. The summed E-state index contributed by atoms with van der Waals surface area (Å²) < 4.78 is 5.19. The van der Waals surface area contributed by atoms with Crippen molar-refractivity contribution in [3.63, 3.8) is 0 Å². The molecule has 0 aromatic rings. The highest BCUT2D eigenvalue weighted by Crippen LogP contribution is 2.20. The van der Waals surface area contributed by atoms with Gasteiger partial charge in [0.25, 0.3) is 0 Å². The second-order valence-corrected chi connectivity index (χ2v) is 5.98. The third kappa shape index (κ3) is 7.00. The maximum Gasteiger partial charge on any atom is 0.408 e. The molecule has 0 aromatic carbocycles. The van der Waals surface area contributed by atoms with E-state index in [0.717, 1.165) is 19.4 Å². The summed E-state index contributed by atoms with van der Waals surface area (Å²) in [7, 11) is 0. The van der Waals surface area contributed by atoms with E-state index in [1.54, 1.807) is 0 Å². The fraction of sp³-hybridized carbons (Fsp3) is 0.846. The number of alkyl carbamates (subject to hydrolysis) is 1. The average Bonchev–Trinajstić information content (AvgIpc) is 2.24. The third-order valence-electron chi connectivity index (χ3n) is 2.97. The Kier molecular flexibility index (Phi) is 5.60. The van der Waals surface area contributed by atoms with Crippen LogP contribution in [-0.4, -0.2) is 35.5 Å². The van der Waals surface area contributed by atoms with E-state index >= 15 is 0 Å². The van der Waals surface area contributed by atoms with Gasteiger partial charge >= 0.3 is 12.1 Å². The number of carboxylic acid groups (broad SMARTS) is 1. The predicted molar refractivity (Wildman–Crippen MR) is 70.8 cm³/mol. The average molecular weight is 272 g/mol. The molecule has 19 heavy (non-hydrogen) atoms. The minimum Gasteiger partial charge on any atom is -0.481 e. The van der Waals surface area contributed by atoms with Crippen LogP contribution in [0.3, 0.4) is 0 Å². The molecule has 0 spiro atoms. The van der Waals surface area contributed by atoms with Crippen molar-refractivity contribution in [2.24, 2.45) is 5.92 Å². The highest BCUT2D eigenvalue weighted by atomic mass is 16.6. The van der Waals surface area contributed by atoms with Crippen molar-refractivity contribution in [1.82, 2.24) is 10.6 Å². The first-order chi connectivity index (χ1) is 8.76. The van der Waals surface area contributed by atoms with Gasteiger partial charge in [-0.25, -0.2) is 4.79 Å². The molecule has 1 unspecified atom stereocenters. The minimum absolute atomic E-state index is 0.137. The van der Waals surface area contributed by atoms with Crippen molar-refractivity contribution in [2.75, 3.05) is 6.54 Å². The van der Waals surface area contributed by atoms with Gasteiger partial charge in [-0.3, -0.25) is 10.1 Å². The Bertz CT molecular complexity index is 325. The second kappa shape index (κ2) is 6.75. The Morgan fingerprint density at radius 1 is 1.42 bits per heavy atom. The van der Waals surface area contributed by atoms with Gasteiger partial charge in [0, 0.05) is 6.42 Å². The minimum atomic E-state index is -0.768. The first-order valence-corrected chi connectivity index (χ1v) is 6.71. The first kappa shape index (κ1) is 15.8. The van der Waals surface area contributed by atoms with Gasteiger partial charge in [-0.1, -0.05) is 0 Å². The summed E-state index contributed by atoms with van der Waals surface area (Å²) in [5.74, 6) is -0.438. The van der Waals surface area contributed by atoms with Crippen LogP contribution in [0.4, 0.5) is 4.79 Å². The molecule has 0 bridgehead atoms. The molecule has 110 valence electrons. The van der Waals surface area contributed by atoms with Crippen LogP contribution in [-0.2, 0) is 9.53 Å². The molecular formula is C13H24N2O4. The molecule has 6 heteroatoms. The van der Waals surface area contributed by atoms with Crippen molar-refractivity contribution in [3.8, 4) is 0 Å². The van der Waals surface area contributed by atoms with Crippen molar-refractivity contribution in [3.05, 3.63) is 0 Å². The summed E-state index contributed by atoms with van der Waals surface area (Å²) in [5.41, 5.74) is -0.512. The number of hydrogen-bond donors (Lipinski definition) is 3. The summed E-state index contributed by atoms with van der Waals surface area (Å²) in [6.07, 6.45) is 1.95. The van der Waals surface area contributed by atoms with E-state index in [1.807, 2.05) is 20.8 Å². The van der Waals surface area contributed by atoms with Gasteiger partial charge in [0.1, 0.15) is 5.60 Å². The number of amides is 1. The molecule has 0 saturated carbocycles. The Balaban J connectivity index is 2.34. The highest BCUT2D eigenvalue weighted by molar-refractivity contribution is 5.68. The standard InChI is InChI=1S/C13H24N2O4/c1-13(2,3)19-12(18)15-10-8-9(6-7-14-10)4-5-11(16)17/h9-10,14H,4-8H2,1-3H3,(H,15,18)(H,16,17)/t9?,10-/m0/s1. The summed E-state index contributed by atoms with van der Waals surface area (Å²) in [6.45, 7) is 6.23. The van der Waals surface area contributed by atoms with Crippen LogP contribution in [0.5, 0.6) is 0 Å². The normalized spacial score (nSPS) is 23.7. The Morgan fingerprint density at radius 3 is 2.68 bits per heavy atom. The SMILES string of the molecule is CC(C)(C)OC(=O)N[C@H]1CC(CCC(=O)O)CCN1. The lowest BCUT2D eigenvalue weighted by molar-refractivity contribution is -0.137. The topological polar surface area (TPSA) is 87.7 Å². The van der Waals surface area contributed by atoms with Crippen LogP contribution in [0.25, 0.3) is 0 Å². The van der Waals surface area contributed by atoms with E-state index in [0.29, 0.717) is 12.3 Å². The smallest absolute Gasteiger partial charge is 0.408 e. The molecule has 3 N–H and O–H groups in total. The zero-order valence-electron chi connectivity index (χ0n) is 11.9. The number of ether oxygens (including phenoxy) is 1. The van der Waals surface area contributed by atoms with Gasteiger partial charge in [0.2, 0.25) is 0 Å². The largest absolute Gasteiger partial charge is 0.481 e. The Labute approximate surface area is 113 Å². The fourth-order valence-electron chi connectivity index (χ4n) is 2.15. The molecule has 1 saturated heterocycles. The summed E-state index contributed by atoms with van der Waals surface area (Å²) in [4.78, 5) is 22.2. The molecule has 2 atom stereocenters. The van der Waals surface area contributed by atoms with Crippen LogP contribution < -0.4 is 10.6 Å². The van der Waals surface area contributed by atoms with Crippen LogP contribution >= 0.6 is 0 Å². The number of aliphatic carboxylic acids is 1. The van der Waals surface area contributed by atoms with E-state index in [9.17, 15) is 9.59 Å². The lowest BCUT2D eigenvalue weighted by Gasteiger charge is -2.31. The number of carbonyl (C=O) groups is 2. The van der Waals surface area contributed by atoms with Crippen LogP contribution in [0, 0.1) is 5.92 Å². The number of piperidine rings is 1. The van der Waals surface area contributed by atoms with Gasteiger partial charge < -0.3 is 15.2 Å². The van der Waals surface area contributed by atoms with Crippen molar-refractivity contribution >= 4 is 12.1 Å². The molecule has 1 heterocycles. The first-order valence-electron chi connectivity index (χ1n) is 6.71. The highest BCUT2D eigenvalue weighted by Gasteiger charge is 2.25. The Morgan fingerprint density at radius 2 is 2.11 bits per heavy atom. The van der Waals surface area contributed by atoms with E-state index in [1.165, 1.54) is 0 Å². The number of carbonyl (C=O) groups excluding carboxylic acids is 1. The number of carboxylic acids is 1. The zero-order chi connectivity index (χ0) is 14.5. The molecule has 0 aliphatic carbocycles. The summed E-state index contributed by atoms with van der Waals surface area (Å²) in [5, 5.41) is 14.6. The number of hydrogen-bond acceptors (Lipinski definition) is 4. The predicted octanol–water partition coefficient (Wildman–Crippen LogP) is 1.70. The van der Waals surface area contributed by atoms with E-state index in [-0.39, 0.29) is 12.6 Å². The van der Waals surface area contributed by atoms with Crippen molar-refractivity contribution in [2.45, 2.75) is 58.2 Å². The van der Waals surface area contributed by atoms with Gasteiger partial charge in [0.15, 0.2) is 0 Å². The third-order valence-corrected chi connectivity index (χ3v) is 2.97. The monoisotopic (exact) mass is 272 g/mol. The number of nitrogens with one attached hydrogen (secondary N) is 2. The molecule has 0 radical (unpaired) electrons. The van der Waals surface area contributed by atoms with E-state index < -0.39 is 17.7 Å². The maximum absolute atomic E-state index is 11.6. The molecule has 1 rings (SSSR count). The van der Waals surface area contributed by atoms with Crippen LogP contribution in [0.1, 0.15) is 46.5 Å². The lowest BCUT2D eigenvalue weighted by atomic mass is 9.91. The molecule has 0 aromatic heterocycles. The van der Waals surface area contributed by atoms with E-state index in [2.05, 4.69) is 10.6 Å². The van der Waals surface area contributed by atoms with Gasteiger partial charge in [0.05, 0.1) is 6.17 Å². The fourth-order valence-corrected chi connectivity index (χ4v) is 2.15. The molecule has 6 nitrogen and oxygen atoms in total.